The second-order valence-electron chi connectivity index (χ2n) is 5.32. The average Bonchev–Trinajstić information content (AvgIpc) is 2.57. The van der Waals surface area contributed by atoms with E-state index in [1.807, 2.05) is 0 Å². The molecule has 0 atom stereocenters. The molecular weight excluding hydrogens is 293 g/mol. The summed E-state index contributed by atoms with van der Waals surface area (Å²) >= 11 is 0. The van der Waals surface area contributed by atoms with Crippen molar-refractivity contribution in [3.8, 4) is 0 Å². The van der Waals surface area contributed by atoms with Crippen LogP contribution in [0.25, 0.3) is 0 Å². The number of para-hydroxylation sites is 1. The van der Waals surface area contributed by atoms with Crippen molar-refractivity contribution >= 4 is 17.4 Å². The van der Waals surface area contributed by atoms with Crippen LogP contribution in [0.15, 0.2) is 42.6 Å². The molecule has 4 nitrogen and oxygen atoms in total. The molecule has 0 saturated heterocycles. The van der Waals surface area contributed by atoms with Gasteiger partial charge in [-0.05, 0) is 37.1 Å². The molecule has 0 fully saturated rings. The van der Waals surface area contributed by atoms with Crippen LogP contribution in [0, 0.1) is 5.82 Å². The molecular formula is C18H22FN3O. The lowest BCUT2D eigenvalue weighted by Crippen LogP contribution is -2.26. The van der Waals surface area contributed by atoms with Crippen LogP contribution in [-0.4, -0.2) is 24.0 Å². The van der Waals surface area contributed by atoms with E-state index in [9.17, 15) is 9.18 Å². The molecule has 2 aromatic rings. The summed E-state index contributed by atoms with van der Waals surface area (Å²) in [7, 11) is 0. The number of hydrogen-bond donors (Lipinski definition) is 1. The number of anilines is 2. The van der Waals surface area contributed by atoms with Crippen molar-refractivity contribution in [2.75, 3.05) is 23.3 Å². The standard InChI is InChI=1S/C18H22FN3O/c1-3-11-22(12-4-2)17-13-14(9-10-20-17)18(23)21-16-8-6-5-7-15(16)19/h5-10,13H,3-4,11-12H2,1-2H3,(H,21,23). The van der Waals surface area contributed by atoms with Crippen molar-refractivity contribution in [1.82, 2.24) is 4.98 Å². The van der Waals surface area contributed by atoms with Gasteiger partial charge in [-0.1, -0.05) is 26.0 Å². The highest BCUT2D eigenvalue weighted by Crippen LogP contribution is 2.17. The summed E-state index contributed by atoms with van der Waals surface area (Å²) in [4.78, 5) is 18.8. The number of benzene rings is 1. The fourth-order valence-electron chi connectivity index (χ4n) is 2.37. The largest absolute Gasteiger partial charge is 0.357 e. The molecule has 0 radical (unpaired) electrons. The third-order valence-electron chi connectivity index (χ3n) is 3.44. The lowest BCUT2D eigenvalue weighted by Gasteiger charge is -2.22. The van der Waals surface area contributed by atoms with Gasteiger partial charge in [0.1, 0.15) is 11.6 Å². The molecule has 0 aliphatic heterocycles. The molecule has 1 heterocycles. The first kappa shape index (κ1) is 16.9. The first-order chi connectivity index (χ1) is 11.2. The predicted molar refractivity (Wildman–Crippen MR) is 91.4 cm³/mol. The minimum absolute atomic E-state index is 0.176. The van der Waals surface area contributed by atoms with Crippen LogP contribution in [0.5, 0.6) is 0 Å². The summed E-state index contributed by atoms with van der Waals surface area (Å²) in [6.07, 6.45) is 3.63. The van der Waals surface area contributed by atoms with E-state index >= 15 is 0 Å². The Hall–Kier alpha value is -2.43. The van der Waals surface area contributed by atoms with E-state index in [1.54, 1.807) is 30.5 Å². The van der Waals surface area contributed by atoms with E-state index in [2.05, 4.69) is 29.0 Å². The molecule has 0 aliphatic rings. The van der Waals surface area contributed by atoms with Crippen LogP contribution in [0.3, 0.4) is 0 Å². The van der Waals surface area contributed by atoms with Crippen molar-refractivity contribution in [2.24, 2.45) is 0 Å². The zero-order valence-electron chi connectivity index (χ0n) is 13.6. The maximum Gasteiger partial charge on any atom is 0.255 e. The number of hydrogen-bond acceptors (Lipinski definition) is 3. The lowest BCUT2D eigenvalue weighted by atomic mass is 10.2. The van der Waals surface area contributed by atoms with Crippen LogP contribution in [0.4, 0.5) is 15.9 Å². The molecule has 122 valence electrons. The summed E-state index contributed by atoms with van der Waals surface area (Å²) in [6, 6.07) is 9.51. The van der Waals surface area contributed by atoms with E-state index in [4.69, 9.17) is 0 Å². The highest BCUT2D eigenvalue weighted by Gasteiger charge is 2.12. The minimum atomic E-state index is -0.450. The first-order valence-corrected chi connectivity index (χ1v) is 7.92. The normalized spacial score (nSPS) is 10.4. The van der Waals surface area contributed by atoms with E-state index in [-0.39, 0.29) is 11.6 Å². The number of carbonyl (C=O) groups is 1. The van der Waals surface area contributed by atoms with E-state index in [0.717, 1.165) is 31.7 Å². The van der Waals surface area contributed by atoms with Gasteiger partial charge in [0.15, 0.2) is 0 Å². The van der Waals surface area contributed by atoms with E-state index in [0.29, 0.717) is 5.56 Å². The van der Waals surface area contributed by atoms with Crippen molar-refractivity contribution in [3.05, 3.63) is 54.0 Å². The summed E-state index contributed by atoms with van der Waals surface area (Å²) in [5.74, 6) is -0.0182. The molecule has 0 unspecified atom stereocenters. The molecule has 1 N–H and O–H groups in total. The fourth-order valence-corrected chi connectivity index (χ4v) is 2.37. The minimum Gasteiger partial charge on any atom is -0.357 e. The van der Waals surface area contributed by atoms with Crippen molar-refractivity contribution in [1.29, 1.82) is 0 Å². The fraction of sp³-hybridized carbons (Fsp3) is 0.333. The van der Waals surface area contributed by atoms with Crippen molar-refractivity contribution < 1.29 is 9.18 Å². The average molecular weight is 315 g/mol. The van der Waals surface area contributed by atoms with Gasteiger partial charge < -0.3 is 10.2 Å². The van der Waals surface area contributed by atoms with E-state index < -0.39 is 5.82 Å². The van der Waals surface area contributed by atoms with Gasteiger partial charge in [0.25, 0.3) is 5.91 Å². The van der Waals surface area contributed by atoms with Crippen molar-refractivity contribution in [2.45, 2.75) is 26.7 Å². The molecule has 0 aliphatic carbocycles. The number of halogens is 1. The molecule has 23 heavy (non-hydrogen) atoms. The van der Waals surface area contributed by atoms with Gasteiger partial charge in [-0.3, -0.25) is 4.79 Å². The molecule has 0 bridgehead atoms. The summed E-state index contributed by atoms with van der Waals surface area (Å²) in [5, 5.41) is 2.60. The number of aromatic nitrogens is 1. The highest BCUT2D eigenvalue weighted by atomic mass is 19.1. The summed E-state index contributed by atoms with van der Waals surface area (Å²) in [5.41, 5.74) is 0.644. The number of carbonyl (C=O) groups excluding carboxylic acids is 1. The molecule has 1 amide bonds. The Bertz CT molecular complexity index is 654. The van der Waals surface area contributed by atoms with Crippen LogP contribution >= 0.6 is 0 Å². The quantitative estimate of drug-likeness (QED) is 0.836. The maximum absolute atomic E-state index is 13.6. The monoisotopic (exact) mass is 315 g/mol. The van der Waals surface area contributed by atoms with Gasteiger partial charge in [-0.2, -0.15) is 0 Å². The number of nitrogens with one attached hydrogen (secondary N) is 1. The van der Waals surface area contributed by atoms with Crippen LogP contribution in [-0.2, 0) is 0 Å². The van der Waals surface area contributed by atoms with E-state index in [1.165, 1.54) is 12.1 Å². The van der Waals surface area contributed by atoms with Gasteiger partial charge in [0.05, 0.1) is 5.69 Å². The van der Waals surface area contributed by atoms with Gasteiger partial charge >= 0.3 is 0 Å². The SMILES string of the molecule is CCCN(CCC)c1cc(C(=O)Nc2ccccc2F)ccn1. The zero-order chi connectivity index (χ0) is 16.7. The molecule has 1 aromatic heterocycles. The molecule has 1 aromatic carbocycles. The Morgan fingerprint density at radius 3 is 2.52 bits per heavy atom. The van der Waals surface area contributed by atoms with Gasteiger partial charge in [-0.25, -0.2) is 9.37 Å². The number of amides is 1. The van der Waals surface area contributed by atoms with Gasteiger partial charge in [0.2, 0.25) is 0 Å². The molecule has 0 spiro atoms. The Morgan fingerprint density at radius 2 is 1.87 bits per heavy atom. The summed E-state index contributed by atoms with van der Waals surface area (Å²) < 4.78 is 13.6. The van der Waals surface area contributed by atoms with Crippen LogP contribution in [0.2, 0.25) is 0 Å². The Balaban J connectivity index is 2.18. The summed E-state index contributed by atoms with van der Waals surface area (Å²) in [6.45, 7) is 5.99. The Kier molecular flexibility index (Phi) is 6.09. The van der Waals surface area contributed by atoms with Gasteiger partial charge in [-0.15, -0.1) is 0 Å². The van der Waals surface area contributed by atoms with Crippen LogP contribution in [0.1, 0.15) is 37.0 Å². The molecule has 2 rings (SSSR count). The smallest absolute Gasteiger partial charge is 0.255 e. The second kappa shape index (κ2) is 8.27. The highest BCUT2D eigenvalue weighted by molar-refractivity contribution is 6.04. The third kappa shape index (κ3) is 4.52. The predicted octanol–water partition coefficient (Wildman–Crippen LogP) is 4.10. The Labute approximate surface area is 136 Å². The number of rotatable bonds is 7. The Morgan fingerprint density at radius 1 is 1.17 bits per heavy atom. The van der Waals surface area contributed by atoms with Crippen molar-refractivity contribution in [3.63, 3.8) is 0 Å². The lowest BCUT2D eigenvalue weighted by molar-refractivity contribution is 0.102. The maximum atomic E-state index is 13.6. The molecule has 5 heteroatoms. The molecule has 0 saturated carbocycles. The van der Waals surface area contributed by atoms with Gasteiger partial charge in [0, 0.05) is 24.8 Å². The topological polar surface area (TPSA) is 45.2 Å². The first-order valence-electron chi connectivity index (χ1n) is 7.92. The number of nitrogens with zero attached hydrogens (tertiary/aromatic N) is 2. The number of pyridine rings is 1. The third-order valence-corrected chi connectivity index (χ3v) is 3.44. The second-order valence-corrected chi connectivity index (χ2v) is 5.32. The van der Waals surface area contributed by atoms with Crippen LogP contribution < -0.4 is 10.2 Å². The zero-order valence-corrected chi connectivity index (χ0v) is 13.6.